The van der Waals surface area contributed by atoms with Crippen molar-refractivity contribution in [2.24, 2.45) is 0 Å². The summed E-state index contributed by atoms with van der Waals surface area (Å²) in [5.74, 6) is -0.966. The molecule has 20 heavy (non-hydrogen) atoms. The van der Waals surface area contributed by atoms with Crippen LogP contribution in [0.3, 0.4) is 0 Å². The van der Waals surface area contributed by atoms with Crippen LogP contribution >= 0.6 is 0 Å². The first-order valence-electron chi connectivity index (χ1n) is 6.77. The van der Waals surface area contributed by atoms with Crippen molar-refractivity contribution in [3.05, 3.63) is 0 Å². The molecule has 1 amide bonds. The highest BCUT2D eigenvalue weighted by atomic mass is 32.2. The van der Waals surface area contributed by atoms with Crippen LogP contribution in [0.4, 0.5) is 0 Å². The molecule has 1 rings (SSSR count). The molecule has 0 unspecified atom stereocenters. The van der Waals surface area contributed by atoms with Gasteiger partial charge in [-0.05, 0) is 33.1 Å². The van der Waals surface area contributed by atoms with E-state index in [9.17, 15) is 18.3 Å². The lowest BCUT2D eigenvalue weighted by molar-refractivity contribution is -0.131. The molecule has 118 valence electrons. The number of nitrogens with zero attached hydrogens (tertiary/aromatic N) is 1. The van der Waals surface area contributed by atoms with E-state index in [-0.39, 0.29) is 13.1 Å². The Morgan fingerprint density at radius 2 is 1.85 bits per heavy atom. The van der Waals surface area contributed by atoms with E-state index < -0.39 is 26.3 Å². The van der Waals surface area contributed by atoms with Gasteiger partial charge in [-0.2, -0.15) is 0 Å². The average molecular weight is 308 g/mol. The molecule has 0 atom stereocenters. The molecule has 3 N–H and O–H groups in total. The third-order valence-electron chi connectivity index (χ3n) is 4.00. The molecule has 7 nitrogen and oxygen atoms in total. The monoisotopic (exact) mass is 308 g/mol. The number of carbonyl (C=O) groups is 1. The molecule has 0 aliphatic carbocycles. The van der Waals surface area contributed by atoms with Gasteiger partial charge in [-0.3, -0.25) is 10.0 Å². The largest absolute Gasteiger partial charge is 0.390 e. The third-order valence-corrected chi connectivity index (χ3v) is 6.52. The van der Waals surface area contributed by atoms with E-state index >= 15 is 0 Å². The van der Waals surface area contributed by atoms with E-state index in [4.69, 9.17) is 5.21 Å². The maximum atomic E-state index is 12.4. The molecular weight excluding hydrogens is 284 g/mol. The molecule has 1 aliphatic rings. The second kappa shape index (κ2) is 5.97. The molecule has 1 heterocycles. The van der Waals surface area contributed by atoms with E-state index in [0.717, 1.165) is 6.42 Å². The zero-order chi connectivity index (χ0) is 15.6. The molecule has 0 aromatic heterocycles. The topological polar surface area (TPSA) is 107 Å². The molecule has 8 heteroatoms. The summed E-state index contributed by atoms with van der Waals surface area (Å²) < 4.78 is 24.4. The van der Waals surface area contributed by atoms with Gasteiger partial charge in [0, 0.05) is 13.1 Å². The van der Waals surface area contributed by atoms with Gasteiger partial charge in [0.1, 0.15) is 0 Å². The van der Waals surface area contributed by atoms with Crippen molar-refractivity contribution in [2.45, 2.75) is 56.8 Å². The molecule has 0 spiro atoms. The second-order valence-electron chi connectivity index (χ2n) is 5.83. The predicted molar refractivity (Wildman–Crippen MR) is 73.6 cm³/mol. The number of rotatable bonds is 5. The van der Waals surface area contributed by atoms with Gasteiger partial charge in [-0.25, -0.2) is 18.2 Å². The molecule has 1 saturated heterocycles. The van der Waals surface area contributed by atoms with Crippen molar-refractivity contribution in [3.8, 4) is 0 Å². The summed E-state index contributed by atoms with van der Waals surface area (Å²) in [6, 6.07) is 0. The predicted octanol–water partition coefficient (Wildman–Crippen LogP) is 0.227. The number of hydroxylamine groups is 1. The minimum Gasteiger partial charge on any atom is -0.390 e. The van der Waals surface area contributed by atoms with Crippen molar-refractivity contribution >= 4 is 15.9 Å². The van der Waals surface area contributed by atoms with Crippen LogP contribution in [-0.4, -0.2) is 52.4 Å². The van der Waals surface area contributed by atoms with E-state index in [2.05, 4.69) is 0 Å². The number of amides is 1. The van der Waals surface area contributed by atoms with E-state index in [0.29, 0.717) is 19.3 Å². The molecular formula is C12H24N2O5S. The average Bonchev–Trinajstić information content (AvgIpc) is 2.38. The number of hydrogen-bond acceptors (Lipinski definition) is 5. The Hall–Kier alpha value is -0.700. The first-order chi connectivity index (χ1) is 9.10. The number of hydrogen-bond donors (Lipinski definition) is 3. The standard InChI is InChI=1S/C12H24N2O5S/c1-4-5-12(16)6-8-14(9-7-12)20(18,19)11(2,3)10(15)13-17/h16-17H,4-9H2,1-3H3,(H,13,15). The summed E-state index contributed by atoms with van der Waals surface area (Å²) >= 11 is 0. The first kappa shape index (κ1) is 17.4. The minimum absolute atomic E-state index is 0.182. The minimum atomic E-state index is -3.89. The van der Waals surface area contributed by atoms with Crippen LogP contribution < -0.4 is 5.48 Å². The fraction of sp³-hybridized carbons (Fsp3) is 0.917. The zero-order valence-corrected chi connectivity index (χ0v) is 13.0. The Bertz CT molecular complexity index is 452. The maximum Gasteiger partial charge on any atom is 0.265 e. The SMILES string of the molecule is CCCC1(O)CCN(S(=O)(=O)C(C)(C)C(=O)NO)CC1. The lowest BCUT2D eigenvalue weighted by Crippen LogP contribution is -2.56. The molecule has 0 aromatic carbocycles. The van der Waals surface area contributed by atoms with Gasteiger partial charge in [0.05, 0.1) is 5.60 Å². The van der Waals surface area contributed by atoms with Gasteiger partial charge in [0.15, 0.2) is 4.75 Å². The van der Waals surface area contributed by atoms with Crippen LogP contribution in [0.15, 0.2) is 0 Å². The fourth-order valence-corrected chi connectivity index (χ4v) is 4.02. The highest BCUT2D eigenvalue weighted by Crippen LogP contribution is 2.31. The lowest BCUT2D eigenvalue weighted by Gasteiger charge is -2.40. The van der Waals surface area contributed by atoms with Gasteiger partial charge in [0.25, 0.3) is 5.91 Å². The normalized spacial score (nSPS) is 20.6. The maximum absolute atomic E-state index is 12.4. The third kappa shape index (κ3) is 3.13. The Morgan fingerprint density at radius 3 is 2.25 bits per heavy atom. The highest BCUT2D eigenvalue weighted by Gasteiger charge is 2.47. The Balaban J connectivity index is 2.85. The Labute approximate surface area is 120 Å². The summed E-state index contributed by atoms with van der Waals surface area (Å²) in [6.45, 7) is 4.83. The molecule has 0 saturated carbocycles. The summed E-state index contributed by atoms with van der Waals surface area (Å²) in [4.78, 5) is 11.5. The molecule has 0 aromatic rings. The summed E-state index contributed by atoms with van der Waals surface area (Å²) in [5, 5.41) is 18.9. The van der Waals surface area contributed by atoms with Crippen LogP contribution in [0.1, 0.15) is 46.5 Å². The van der Waals surface area contributed by atoms with E-state index in [1.165, 1.54) is 23.6 Å². The van der Waals surface area contributed by atoms with Gasteiger partial charge >= 0.3 is 0 Å². The molecule has 1 fully saturated rings. The number of carbonyl (C=O) groups excluding carboxylic acids is 1. The number of aliphatic hydroxyl groups is 1. The smallest absolute Gasteiger partial charge is 0.265 e. The van der Waals surface area contributed by atoms with Gasteiger partial charge in [-0.15, -0.1) is 0 Å². The Morgan fingerprint density at radius 1 is 1.35 bits per heavy atom. The van der Waals surface area contributed by atoms with Gasteiger partial charge < -0.3 is 5.11 Å². The fourth-order valence-electron chi connectivity index (χ4n) is 2.43. The van der Waals surface area contributed by atoms with Crippen molar-refractivity contribution in [1.82, 2.24) is 9.79 Å². The van der Waals surface area contributed by atoms with Gasteiger partial charge in [-0.1, -0.05) is 13.3 Å². The van der Waals surface area contributed by atoms with Gasteiger partial charge in [0.2, 0.25) is 10.0 Å². The van der Waals surface area contributed by atoms with Crippen molar-refractivity contribution in [1.29, 1.82) is 0 Å². The van der Waals surface area contributed by atoms with Crippen molar-refractivity contribution in [2.75, 3.05) is 13.1 Å². The number of piperidine rings is 1. The quantitative estimate of drug-likeness (QED) is 0.498. The van der Waals surface area contributed by atoms with Crippen molar-refractivity contribution in [3.63, 3.8) is 0 Å². The number of nitrogens with one attached hydrogen (secondary N) is 1. The Kier molecular flexibility index (Phi) is 5.18. The molecule has 0 bridgehead atoms. The number of sulfonamides is 1. The van der Waals surface area contributed by atoms with Crippen LogP contribution in [0.2, 0.25) is 0 Å². The van der Waals surface area contributed by atoms with Crippen LogP contribution in [0, 0.1) is 0 Å². The van der Waals surface area contributed by atoms with Crippen LogP contribution in [-0.2, 0) is 14.8 Å². The second-order valence-corrected chi connectivity index (χ2v) is 8.32. The highest BCUT2D eigenvalue weighted by molar-refractivity contribution is 7.91. The zero-order valence-electron chi connectivity index (χ0n) is 12.2. The summed E-state index contributed by atoms with van der Waals surface area (Å²) in [6.07, 6.45) is 2.19. The first-order valence-corrected chi connectivity index (χ1v) is 8.21. The molecule has 0 radical (unpaired) electrons. The van der Waals surface area contributed by atoms with Crippen molar-refractivity contribution < 1.29 is 23.5 Å². The molecule has 1 aliphatic heterocycles. The summed E-state index contributed by atoms with van der Waals surface area (Å²) in [7, 11) is -3.89. The lowest BCUT2D eigenvalue weighted by atomic mass is 9.88. The van der Waals surface area contributed by atoms with Crippen LogP contribution in [0.5, 0.6) is 0 Å². The van der Waals surface area contributed by atoms with E-state index in [1.54, 1.807) is 0 Å². The van der Waals surface area contributed by atoms with Crippen LogP contribution in [0.25, 0.3) is 0 Å². The van der Waals surface area contributed by atoms with E-state index in [1.807, 2.05) is 6.92 Å². The summed E-state index contributed by atoms with van der Waals surface area (Å²) in [5.41, 5.74) is 0.578.